The predicted octanol–water partition coefficient (Wildman–Crippen LogP) is 3.06. The van der Waals surface area contributed by atoms with Crippen molar-refractivity contribution < 1.29 is 9.53 Å². The summed E-state index contributed by atoms with van der Waals surface area (Å²) >= 11 is 1.68. The molecule has 1 N–H and O–H groups in total. The van der Waals surface area contributed by atoms with E-state index in [0.29, 0.717) is 13.0 Å². The van der Waals surface area contributed by atoms with Crippen LogP contribution in [0.25, 0.3) is 0 Å². The zero-order valence-electron chi connectivity index (χ0n) is 13.3. The fourth-order valence-electron chi connectivity index (χ4n) is 2.26. The molecule has 2 aromatic rings. The molecule has 4 nitrogen and oxygen atoms in total. The van der Waals surface area contributed by atoms with Gasteiger partial charge < -0.3 is 10.1 Å². The van der Waals surface area contributed by atoms with Gasteiger partial charge in [0.1, 0.15) is 5.75 Å². The zero-order chi connectivity index (χ0) is 15.9. The first-order valence-electron chi connectivity index (χ1n) is 7.41. The number of carbonyl (C=O) groups excluding carboxylic acids is 1. The maximum atomic E-state index is 11.9. The average Bonchev–Trinajstić information content (AvgIpc) is 2.84. The lowest BCUT2D eigenvalue weighted by atomic mass is 10.1. The summed E-state index contributed by atoms with van der Waals surface area (Å²) in [4.78, 5) is 17.5. The van der Waals surface area contributed by atoms with Crippen molar-refractivity contribution in [1.82, 2.24) is 10.3 Å². The molecule has 0 saturated carbocycles. The predicted molar refractivity (Wildman–Crippen MR) is 89.6 cm³/mol. The van der Waals surface area contributed by atoms with Gasteiger partial charge >= 0.3 is 0 Å². The van der Waals surface area contributed by atoms with E-state index in [-0.39, 0.29) is 5.91 Å². The van der Waals surface area contributed by atoms with E-state index < -0.39 is 0 Å². The van der Waals surface area contributed by atoms with Crippen molar-refractivity contribution in [3.63, 3.8) is 0 Å². The highest BCUT2D eigenvalue weighted by Gasteiger charge is 2.07. The number of nitrogens with zero attached hydrogens (tertiary/aromatic N) is 1. The average molecular weight is 318 g/mol. The van der Waals surface area contributed by atoms with E-state index in [1.54, 1.807) is 18.4 Å². The lowest BCUT2D eigenvalue weighted by molar-refractivity contribution is -0.121. The molecule has 0 aliphatic carbocycles. The molecule has 5 heteroatoms. The Kier molecular flexibility index (Phi) is 5.95. The summed E-state index contributed by atoms with van der Waals surface area (Å²) in [5, 5.41) is 4.03. The first kappa shape index (κ1) is 16.5. The molecular formula is C17H22N2O2S. The molecule has 0 bridgehead atoms. The zero-order valence-corrected chi connectivity index (χ0v) is 14.1. The van der Waals surface area contributed by atoms with E-state index in [1.165, 1.54) is 10.4 Å². The molecule has 0 spiro atoms. The van der Waals surface area contributed by atoms with Crippen LogP contribution in [0.5, 0.6) is 5.75 Å². The Bertz CT molecular complexity index is 620. The molecule has 1 heterocycles. The summed E-state index contributed by atoms with van der Waals surface area (Å²) < 4.78 is 5.12. The topological polar surface area (TPSA) is 51.2 Å². The molecule has 0 radical (unpaired) electrons. The van der Waals surface area contributed by atoms with E-state index in [1.807, 2.05) is 38.1 Å². The van der Waals surface area contributed by atoms with Crippen LogP contribution in [-0.2, 0) is 17.6 Å². The number of aromatic nitrogens is 1. The first-order valence-corrected chi connectivity index (χ1v) is 8.22. The minimum atomic E-state index is 0.0963. The number of hydrogen-bond donors (Lipinski definition) is 1. The van der Waals surface area contributed by atoms with Gasteiger partial charge in [-0.2, -0.15) is 0 Å². The van der Waals surface area contributed by atoms with Crippen LogP contribution in [0.3, 0.4) is 0 Å². The van der Waals surface area contributed by atoms with Crippen LogP contribution >= 0.6 is 11.3 Å². The number of nitrogens with one attached hydrogen (secondary N) is 1. The van der Waals surface area contributed by atoms with Gasteiger partial charge in [0.15, 0.2) is 0 Å². The molecular weight excluding hydrogens is 296 g/mol. The van der Waals surface area contributed by atoms with Crippen molar-refractivity contribution in [2.24, 2.45) is 0 Å². The van der Waals surface area contributed by atoms with Crippen molar-refractivity contribution in [3.05, 3.63) is 45.4 Å². The number of ether oxygens (including phenoxy) is 1. The van der Waals surface area contributed by atoms with Gasteiger partial charge in [0.2, 0.25) is 5.91 Å². The van der Waals surface area contributed by atoms with Gasteiger partial charge in [-0.1, -0.05) is 12.1 Å². The van der Waals surface area contributed by atoms with Gasteiger partial charge in [-0.3, -0.25) is 4.79 Å². The van der Waals surface area contributed by atoms with Crippen molar-refractivity contribution in [2.75, 3.05) is 13.7 Å². The summed E-state index contributed by atoms with van der Waals surface area (Å²) in [6, 6.07) is 7.92. The van der Waals surface area contributed by atoms with Gasteiger partial charge in [-0.15, -0.1) is 11.3 Å². The van der Waals surface area contributed by atoms with Crippen LogP contribution in [0, 0.1) is 13.8 Å². The Morgan fingerprint density at radius 3 is 2.55 bits per heavy atom. The third kappa shape index (κ3) is 4.84. The first-order chi connectivity index (χ1) is 10.6. The van der Waals surface area contributed by atoms with Gasteiger partial charge in [0.05, 0.1) is 17.8 Å². The van der Waals surface area contributed by atoms with Crippen LogP contribution in [0.1, 0.15) is 27.6 Å². The van der Waals surface area contributed by atoms with Crippen LogP contribution in [0.15, 0.2) is 24.3 Å². The molecule has 22 heavy (non-hydrogen) atoms. The molecule has 1 aromatic carbocycles. The fraction of sp³-hybridized carbons (Fsp3) is 0.412. The summed E-state index contributed by atoms with van der Waals surface area (Å²) in [6.07, 6.45) is 2.12. The molecule has 0 aliphatic rings. The molecule has 0 unspecified atom stereocenters. The second-order valence-electron chi connectivity index (χ2n) is 5.19. The lowest BCUT2D eigenvalue weighted by Crippen LogP contribution is -2.25. The van der Waals surface area contributed by atoms with Gasteiger partial charge in [0, 0.05) is 17.8 Å². The molecule has 1 amide bonds. The van der Waals surface area contributed by atoms with E-state index in [2.05, 4.69) is 10.3 Å². The fourth-order valence-corrected chi connectivity index (χ4v) is 3.20. The monoisotopic (exact) mass is 318 g/mol. The summed E-state index contributed by atoms with van der Waals surface area (Å²) in [5.74, 6) is 0.946. The minimum Gasteiger partial charge on any atom is -0.497 e. The van der Waals surface area contributed by atoms with Crippen molar-refractivity contribution >= 4 is 17.2 Å². The number of hydrogen-bond acceptors (Lipinski definition) is 4. The summed E-state index contributed by atoms with van der Waals surface area (Å²) in [7, 11) is 1.65. The van der Waals surface area contributed by atoms with E-state index in [4.69, 9.17) is 4.74 Å². The Morgan fingerprint density at radius 1 is 1.23 bits per heavy atom. The maximum absolute atomic E-state index is 11.9. The Labute approximate surface area is 135 Å². The quantitative estimate of drug-likeness (QED) is 0.853. The number of amides is 1. The number of rotatable bonds is 7. The van der Waals surface area contributed by atoms with Crippen molar-refractivity contribution in [1.29, 1.82) is 0 Å². The smallest absolute Gasteiger partial charge is 0.220 e. The molecule has 0 atom stereocenters. The molecule has 0 saturated heterocycles. The number of carbonyl (C=O) groups is 1. The number of benzene rings is 1. The van der Waals surface area contributed by atoms with Crippen LogP contribution < -0.4 is 10.1 Å². The summed E-state index contributed by atoms with van der Waals surface area (Å²) in [5.41, 5.74) is 2.24. The van der Waals surface area contributed by atoms with Gasteiger partial charge in [0.25, 0.3) is 0 Å². The highest BCUT2D eigenvalue weighted by Crippen LogP contribution is 2.18. The second-order valence-corrected chi connectivity index (χ2v) is 6.48. The summed E-state index contributed by atoms with van der Waals surface area (Å²) in [6.45, 7) is 4.66. The van der Waals surface area contributed by atoms with Crippen LogP contribution in [-0.4, -0.2) is 24.5 Å². The van der Waals surface area contributed by atoms with Gasteiger partial charge in [-0.25, -0.2) is 4.98 Å². The van der Waals surface area contributed by atoms with Crippen LogP contribution in [0.4, 0.5) is 0 Å². The Hall–Kier alpha value is -1.88. The minimum absolute atomic E-state index is 0.0963. The molecule has 2 rings (SSSR count). The molecule has 0 fully saturated rings. The van der Waals surface area contributed by atoms with Gasteiger partial charge in [-0.05, 0) is 44.4 Å². The lowest BCUT2D eigenvalue weighted by Gasteiger charge is -2.06. The number of aryl methyl sites for hydroxylation is 3. The Balaban J connectivity index is 1.70. The SMILES string of the molecule is COc1ccc(CCNC(=O)CCc2sc(C)nc2C)cc1. The third-order valence-corrected chi connectivity index (χ3v) is 4.61. The van der Waals surface area contributed by atoms with Crippen molar-refractivity contribution in [3.8, 4) is 5.75 Å². The maximum Gasteiger partial charge on any atom is 0.220 e. The Morgan fingerprint density at radius 2 is 1.95 bits per heavy atom. The van der Waals surface area contributed by atoms with Crippen LogP contribution in [0.2, 0.25) is 0 Å². The normalized spacial score (nSPS) is 10.5. The number of methoxy groups -OCH3 is 1. The molecule has 118 valence electrons. The second kappa shape index (κ2) is 7.94. The van der Waals surface area contributed by atoms with Crippen molar-refractivity contribution in [2.45, 2.75) is 33.1 Å². The standard InChI is InChI=1S/C17H22N2O2S/c1-12-16(22-13(2)19-12)8-9-17(20)18-11-10-14-4-6-15(21-3)7-5-14/h4-7H,8-11H2,1-3H3,(H,18,20). The van der Waals surface area contributed by atoms with E-state index in [9.17, 15) is 4.79 Å². The molecule has 1 aromatic heterocycles. The van der Waals surface area contributed by atoms with E-state index in [0.717, 1.165) is 29.3 Å². The number of thiazole rings is 1. The highest BCUT2D eigenvalue weighted by molar-refractivity contribution is 7.11. The van der Waals surface area contributed by atoms with E-state index >= 15 is 0 Å². The third-order valence-electron chi connectivity index (χ3n) is 3.47. The molecule has 0 aliphatic heterocycles. The highest BCUT2D eigenvalue weighted by atomic mass is 32.1. The largest absolute Gasteiger partial charge is 0.497 e.